The van der Waals surface area contributed by atoms with Crippen LogP contribution in [0.5, 0.6) is 0 Å². The average molecular weight is 311 g/mol. The van der Waals surface area contributed by atoms with E-state index in [1.165, 1.54) is 6.07 Å². The van der Waals surface area contributed by atoms with Crippen molar-refractivity contribution in [3.05, 3.63) is 35.6 Å². The number of benzene rings is 1. The molecule has 0 spiro atoms. The first-order valence-corrected chi connectivity index (χ1v) is 7.62. The summed E-state index contributed by atoms with van der Waals surface area (Å²) in [4.78, 5) is 11.4. The minimum Gasteiger partial charge on any atom is -0.393 e. The number of aliphatic hydroxyl groups excluding tert-OH is 1. The van der Waals surface area contributed by atoms with Crippen LogP contribution in [0.4, 0.5) is 4.39 Å². The lowest BCUT2D eigenvalue weighted by atomic mass is 9.89. The Morgan fingerprint density at radius 3 is 2.50 bits per heavy atom. The second kappa shape index (κ2) is 8.25. The quantitative estimate of drug-likeness (QED) is 0.653. The fourth-order valence-corrected chi connectivity index (χ4v) is 2.37. The van der Waals surface area contributed by atoms with Crippen molar-refractivity contribution in [1.29, 1.82) is 0 Å². The molecular formula is C17H26FNO3. The Morgan fingerprint density at radius 2 is 1.95 bits per heavy atom. The molecule has 1 aromatic rings. The molecule has 0 radical (unpaired) electrons. The molecular weight excluding hydrogens is 285 g/mol. The molecule has 0 unspecified atom stereocenters. The van der Waals surface area contributed by atoms with E-state index in [0.29, 0.717) is 31.2 Å². The summed E-state index contributed by atoms with van der Waals surface area (Å²) in [6, 6.07) is 6.44. The molecule has 0 bridgehead atoms. The van der Waals surface area contributed by atoms with Crippen LogP contribution in [-0.2, 0) is 11.2 Å². The number of carbonyl (C=O) groups is 1. The van der Waals surface area contributed by atoms with Gasteiger partial charge in [-0.05, 0) is 57.6 Å². The summed E-state index contributed by atoms with van der Waals surface area (Å²) in [5.74, 6) is -1.25. The van der Waals surface area contributed by atoms with Gasteiger partial charge in [0.25, 0.3) is 0 Å². The molecule has 0 aliphatic rings. The van der Waals surface area contributed by atoms with Crippen molar-refractivity contribution < 1.29 is 19.4 Å². The maximum atomic E-state index is 13.5. The summed E-state index contributed by atoms with van der Waals surface area (Å²) in [7, 11) is 0. The number of aliphatic hydroxyl groups is 2. The lowest BCUT2D eigenvalue weighted by Crippen LogP contribution is -2.30. The van der Waals surface area contributed by atoms with Crippen molar-refractivity contribution in [3.63, 3.8) is 0 Å². The van der Waals surface area contributed by atoms with Gasteiger partial charge in [0, 0.05) is 5.92 Å². The minimum atomic E-state index is -0.869. The molecule has 1 aromatic carbocycles. The summed E-state index contributed by atoms with van der Waals surface area (Å²) in [5, 5.41) is 19.8. The van der Waals surface area contributed by atoms with Crippen LogP contribution in [0.1, 0.15) is 45.1 Å². The molecule has 0 aromatic heterocycles. The maximum absolute atomic E-state index is 13.5. The van der Waals surface area contributed by atoms with Gasteiger partial charge in [-0.15, -0.1) is 0 Å². The van der Waals surface area contributed by atoms with Crippen LogP contribution in [0.2, 0.25) is 0 Å². The van der Waals surface area contributed by atoms with Crippen LogP contribution in [0.25, 0.3) is 0 Å². The highest BCUT2D eigenvalue weighted by Gasteiger charge is 2.23. The number of halogens is 1. The van der Waals surface area contributed by atoms with E-state index in [0.717, 1.165) is 0 Å². The zero-order chi connectivity index (χ0) is 16.8. The maximum Gasteiger partial charge on any atom is 0.220 e. The summed E-state index contributed by atoms with van der Waals surface area (Å²) in [6.45, 7) is 3.33. The third-order valence-electron chi connectivity index (χ3n) is 3.77. The Morgan fingerprint density at radius 1 is 1.32 bits per heavy atom. The van der Waals surface area contributed by atoms with E-state index in [4.69, 9.17) is 5.73 Å². The number of amides is 1. The number of hydrogen-bond acceptors (Lipinski definition) is 3. The third kappa shape index (κ3) is 7.00. The molecule has 0 aliphatic carbocycles. The Kier molecular flexibility index (Phi) is 6.97. The fourth-order valence-electron chi connectivity index (χ4n) is 2.37. The molecule has 0 fully saturated rings. The lowest BCUT2D eigenvalue weighted by Gasteiger charge is -2.22. The highest BCUT2D eigenvalue weighted by molar-refractivity contribution is 5.76. The van der Waals surface area contributed by atoms with Gasteiger partial charge < -0.3 is 15.9 Å². The van der Waals surface area contributed by atoms with Crippen molar-refractivity contribution in [2.45, 2.75) is 57.7 Å². The molecule has 124 valence electrons. The van der Waals surface area contributed by atoms with Gasteiger partial charge in [-0.1, -0.05) is 18.2 Å². The standard InChI is InChI=1S/C17H26FNO3/c1-17(2,22)10-9-13(16(19)21)11-14(20)8-7-12-5-3-4-6-15(12)18/h3-6,13-14,20,22H,7-11H2,1-2H3,(H2,19,21)/t13-,14+/m1/s1. The lowest BCUT2D eigenvalue weighted by molar-refractivity contribution is -0.123. The van der Waals surface area contributed by atoms with Crippen LogP contribution in [0.15, 0.2) is 24.3 Å². The number of primary amides is 1. The Bertz CT molecular complexity index is 485. The summed E-state index contributed by atoms with van der Waals surface area (Å²) in [6.07, 6.45) is 1.15. The van der Waals surface area contributed by atoms with Gasteiger partial charge in [-0.3, -0.25) is 4.79 Å². The van der Waals surface area contributed by atoms with Crippen LogP contribution in [-0.4, -0.2) is 27.8 Å². The molecule has 0 saturated heterocycles. The van der Waals surface area contributed by atoms with E-state index >= 15 is 0 Å². The highest BCUT2D eigenvalue weighted by atomic mass is 19.1. The number of carbonyl (C=O) groups excluding carboxylic acids is 1. The van der Waals surface area contributed by atoms with Gasteiger partial charge in [0.1, 0.15) is 5.82 Å². The van der Waals surface area contributed by atoms with Gasteiger partial charge in [-0.2, -0.15) is 0 Å². The van der Waals surface area contributed by atoms with Crippen LogP contribution in [0.3, 0.4) is 0 Å². The van der Waals surface area contributed by atoms with Crippen molar-refractivity contribution in [2.75, 3.05) is 0 Å². The largest absolute Gasteiger partial charge is 0.393 e. The summed E-state index contributed by atoms with van der Waals surface area (Å²) in [5.41, 5.74) is 5.03. The van der Waals surface area contributed by atoms with Crippen LogP contribution in [0, 0.1) is 11.7 Å². The van der Waals surface area contributed by atoms with Gasteiger partial charge >= 0.3 is 0 Å². The monoisotopic (exact) mass is 311 g/mol. The Balaban J connectivity index is 2.48. The van der Waals surface area contributed by atoms with Crippen molar-refractivity contribution >= 4 is 5.91 Å². The van der Waals surface area contributed by atoms with E-state index in [1.807, 2.05) is 0 Å². The number of nitrogens with two attached hydrogens (primary N) is 1. The third-order valence-corrected chi connectivity index (χ3v) is 3.77. The summed E-state index contributed by atoms with van der Waals surface area (Å²) < 4.78 is 13.5. The van der Waals surface area contributed by atoms with Crippen molar-refractivity contribution in [2.24, 2.45) is 11.7 Å². The minimum absolute atomic E-state index is 0.236. The van der Waals surface area contributed by atoms with E-state index in [1.54, 1.807) is 32.0 Å². The fraction of sp³-hybridized carbons (Fsp3) is 0.588. The first-order valence-electron chi connectivity index (χ1n) is 7.62. The molecule has 2 atom stereocenters. The zero-order valence-electron chi connectivity index (χ0n) is 13.3. The Hall–Kier alpha value is -1.46. The molecule has 0 aliphatic heterocycles. The van der Waals surface area contributed by atoms with E-state index in [2.05, 4.69) is 0 Å². The molecule has 1 rings (SSSR count). The predicted molar refractivity (Wildman–Crippen MR) is 83.6 cm³/mol. The Labute approximate surface area is 131 Å². The first-order chi connectivity index (χ1) is 10.2. The topological polar surface area (TPSA) is 83.6 Å². The van der Waals surface area contributed by atoms with Gasteiger partial charge in [0.15, 0.2) is 0 Å². The second-order valence-electron chi connectivity index (χ2n) is 6.47. The molecule has 0 heterocycles. The molecule has 0 saturated carbocycles. The normalized spacial score (nSPS) is 14.6. The number of rotatable bonds is 9. The molecule has 1 amide bonds. The summed E-state index contributed by atoms with van der Waals surface area (Å²) >= 11 is 0. The van der Waals surface area contributed by atoms with Crippen molar-refractivity contribution in [1.82, 2.24) is 0 Å². The zero-order valence-corrected chi connectivity index (χ0v) is 13.3. The van der Waals surface area contributed by atoms with Crippen LogP contribution < -0.4 is 5.73 Å². The molecule has 4 nitrogen and oxygen atoms in total. The van der Waals surface area contributed by atoms with E-state index < -0.39 is 23.5 Å². The van der Waals surface area contributed by atoms with E-state index in [9.17, 15) is 19.4 Å². The van der Waals surface area contributed by atoms with Crippen LogP contribution >= 0.6 is 0 Å². The van der Waals surface area contributed by atoms with Gasteiger partial charge in [0.05, 0.1) is 11.7 Å². The highest BCUT2D eigenvalue weighted by Crippen LogP contribution is 2.21. The molecule has 4 N–H and O–H groups in total. The van der Waals surface area contributed by atoms with Gasteiger partial charge in [0.2, 0.25) is 5.91 Å². The first kappa shape index (κ1) is 18.6. The SMILES string of the molecule is CC(C)(O)CC[C@H](C[C@@H](O)CCc1ccccc1F)C(N)=O. The second-order valence-corrected chi connectivity index (χ2v) is 6.47. The number of aryl methyl sites for hydroxylation is 1. The number of hydrogen-bond donors (Lipinski definition) is 3. The predicted octanol–water partition coefficient (Wildman–Crippen LogP) is 2.16. The van der Waals surface area contributed by atoms with E-state index in [-0.39, 0.29) is 12.2 Å². The molecule has 22 heavy (non-hydrogen) atoms. The molecule has 5 heteroatoms. The van der Waals surface area contributed by atoms with Gasteiger partial charge in [-0.25, -0.2) is 4.39 Å². The average Bonchev–Trinajstić information content (AvgIpc) is 2.41. The smallest absolute Gasteiger partial charge is 0.220 e. The van der Waals surface area contributed by atoms with Crippen molar-refractivity contribution in [3.8, 4) is 0 Å².